The van der Waals surface area contributed by atoms with E-state index in [4.69, 9.17) is 20.9 Å². The molecule has 206 valence electrons. The van der Waals surface area contributed by atoms with E-state index in [1.807, 2.05) is 0 Å². The number of benzene rings is 2. The fourth-order valence-electron chi connectivity index (χ4n) is 3.49. The quantitative estimate of drug-likeness (QED) is 0.303. The Kier molecular flexibility index (Phi) is 7.54. The Morgan fingerprint density at radius 3 is 1.66 bits per heavy atom. The summed E-state index contributed by atoms with van der Waals surface area (Å²) in [6.07, 6.45) is 0. The summed E-state index contributed by atoms with van der Waals surface area (Å²) in [5, 5.41) is 0. The molecule has 4 N–H and O–H groups in total. The number of guanidine groups is 1. The van der Waals surface area contributed by atoms with Gasteiger partial charge in [0.05, 0.1) is 12.7 Å². The number of aliphatic imine (C=N–C) groups is 1. The van der Waals surface area contributed by atoms with Crippen molar-refractivity contribution in [2.75, 3.05) is 20.3 Å². The fraction of sp³-hybridized carbons (Fsp3) is 0.375. The highest BCUT2D eigenvalue weighted by Gasteiger charge is 2.43. The maximum Gasteiger partial charge on any atom is 0.337 e. The third-order valence-electron chi connectivity index (χ3n) is 5.97. The second-order valence-corrected chi connectivity index (χ2v) is 14.9. The standard InChI is InChI=1S/C12H15N3O4S.C12H14O5S/c1-12(2)6-19-8-4-3-7(10(16)15-11(13)14)5-9(8)20(12,17)18;1-12(2)7-17-9-5-4-8(11(13)16-3)6-10(9)18(12,14)15/h3-5H,6H2,1-2H3,(H4,13,14,15,16);4-6H,7H2,1-3H3. The zero-order valence-corrected chi connectivity index (χ0v) is 23.1. The lowest BCUT2D eigenvalue weighted by molar-refractivity contribution is 0.0600. The van der Waals surface area contributed by atoms with Gasteiger partial charge in [-0.3, -0.25) is 4.79 Å². The first-order valence-electron chi connectivity index (χ1n) is 11.2. The molecular formula is C24H29N3O9S2. The van der Waals surface area contributed by atoms with Crippen LogP contribution < -0.4 is 20.9 Å². The lowest BCUT2D eigenvalue weighted by Gasteiger charge is -2.31. The van der Waals surface area contributed by atoms with Gasteiger partial charge in [0, 0.05) is 5.56 Å². The molecule has 0 unspecified atom stereocenters. The number of carbonyl (C=O) groups excluding carboxylic acids is 2. The number of fused-ring (bicyclic) bond motifs is 2. The van der Waals surface area contributed by atoms with Gasteiger partial charge in [0.2, 0.25) is 0 Å². The highest BCUT2D eigenvalue weighted by molar-refractivity contribution is 7.93. The largest absolute Gasteiger partial charge is 0.491 e. The van der Waals surface area contributed by atoms with Crippen molar-refractivity contribution < 1.29 is 40.6 Å². The summed E-state index contributed by atoms with van der Waals surface area (Å²) < 4.78 is 62.9. The number of hydrogen-bond acceptors (Lipinski definition) is 9. The van der Waals surface area contributed by atoms with E-state index < -0.39 is 41.0 Å². The summed E-state index contributed by atoms with van der Waals surface area (Å²) in [5.41, 5.74) is 10.5. The molecule has 2 heterocycles. The molecule has 4 rings (SSSR count). The Labute approximate surface area is 220 Å². The van der Waals surface area contributed by atoms with Gasteiger partial charge in [-0.05, 0) is 64.1 Å². The molecule has 0 aliphatic carbocycles. The average molecular weight is 568 g/mol. The van der Waals surface area contributed by atoms with Crippen LogP contribution in [-0.4, -0.2) is 64.5 Å². The number of methoxy groups -OCH3 is 1. The Bertz CT molecular complexity index is 1540. The Hall–Kier alpha value is -3.65. The van der Waals surface area contributed by atoms with Crippen LogP contribution in [0.5, 0.6) is 11.5 Å². The van der Waals surface area contributed by atoms with E-state index in [0.717, 1.165) is 0 Å². The Morgan fingerprint density at radius 2 is 1.24 bits per heavy atom. The number of esters is 1. The van der Waals surface area contributed by atoms with Gasteiger partial charge < -0.3 is 25.7 Å². The van der Waals surface area contributed by atoms with Gasteiger partial charge in [0.1, 0.15) is 44.0 Å². The number of sulfone groups is 2. The van der Waals surface area contributed by atoms with Crippen molar-refractivity contribution in [3.05, 3.63) is 47.5 Å². The monoisotopic (exact) mass is 567 g/mol. The summed E-state index contributed by atoms with van der Waals surface area (Å²) >= 11 is 0. The van der Waals surface area contributed by atoms with Crippen molar-refractivity contribution >= 4 is 37.5 Å². The van der Waals surface area contributed by atoms with E-state index in [9.17, 15) is 26.4 Å². The van der Waals surface area contributed by atoms with Crippen LogP contribution in [0.4, 0.5) is 0 Å². The minimum atomic E-state index is -3.59. The van der Waals surface area contributed by atoms with Crippen LogP contribution in [0.15, 0.2) is 51.2 Å². The van der Waals surface area contributed by atoms with Crippen LogP contribution >= 0.6 is 0 Å². The number of rotatable bonds is 2. The van der Waals surface area contributed by atoms with Crippen LogP contribution in [0, 0.1) is 0 Å². The summed E-state index contributed by atoms with van der Waals surface area (Å²) in [6, 6.07) is 8.35. The van der Waals surface area contributed by atoms with Crippen molar-refractivity contribution in [2.45, 2.75) is 47.0 Å². The number of nitrogens with zero attached hydrogens (tertiary/aromatic N) is 1. The smallest absolute Gasteiger partial charge is 0.337 e. The van der Waals surface area contributed by atoms with Gasteiger partial charge in [0.15, 0.2) is 25.6 Å². The van der Waals surface area contributed by atoms with Crippen molar-refractivity contribution in [1.82, 2.24) is 0 Å². The van der Waals surface area contributed by atoms with Gasteiger partial charge in [-0.2, -0.15) is 4.99 Å². The molecule has 38 heavy (non-hydrogen) atoms. The normalized spacial score (nSPS) is 19.0. The molecule has 2 aromatic carbocycles. The SMILES string of the molecule is CC1(C)COc2ccc(C(=O)N=C(N)N)cc2S1(=O)=O.COC(=O)c1ccc2c(c1)S(=O)(=O)C(C)(C)CO2. The molecule has 0 spiro atoms. The highest BCUT2D eigenvalue weighted by Crippen LogP contribution is 2.39. The minimum Gasteiger partial charge on any atom is -0.491 e. The van der Waals surface area contributed by atoms with Gasteiger partial charge >= 0.3 is 5.97 Å². The van der Waals surface area contributed by atoms with Crippen molar-refractivity contribution in [3.8, 4) is 11.5 Å². The van der Waals surface area contributed by atoms with E-state index >= 15 is 0 Å². The zero-order chi connectivity index (χ0) is 28.7. The molecule has 0 saturated carbocycles. The maximum atomic E-state index is 12.4. The summed E-state index contributed by atoms with van der Waals surface area (Å²) in [6.45, 7) is 6.47. The molecule has 0 fully saturated rings. The molecule has 12 nitrogen and oxygen atoms in total. The van der Waals surface area contributed by atoms with E-state index in [-0.39, 0.29) is 51.6 Å². The molecule has 0 radical (unpaired) electrons. The predicted octanol–water partition coefficient (Wildman–Crippen LogP) is 1.46. The number of nitrogens with two attached hydrogens (primary N) is 2. The predicted molar refractivity (Wildman–Crippen MR) is 138 cm³/mol. The number of ether oxygens (including phenoxy) is 3. The lowest BCUT2D eigenvalue weighted by atomic mass is 10.2. The lowest BCUT2D eigenvalue weighted by Crippen LogP contribution is -2.41. The van der Waals surface area contributed by atoms with Crippen LogP contribution in [0.3, 0.4) is 0 Å². The molecule has 0 atom stereocenters. The number of carbonyl (C=O) groups is 2. The Balaban J connectivity index is 0.000000212. The first kappa shape index (κ1) is 28.9. The van der Waals surface area contributed by atoms with Gasteiger partial charge in [-0.25, -0.2) is 21.6 Å². The summed E-state index contributed by atoms with van der Waals surface area (Å²) in [4.78, 5) is 26.5. The van der Waals surface area contributed by atoms with Gasteiger partial charge in [-0.1, -0.05) is 0 Å². The van der Waals surface area contributed by atoms with E-state index in [2.05, 4.69) is 9.73 Å². The van der Waals surface area contributed by atoms with Gasteiger partial charge in [-0.15, -0.1) is 0 Å². The summed E-state index contributed by atoms with van der Waals surface area (Å²) in [5.74, 6) is -1.15. The van der Waals surface area contributed by atoms with Crippen LogP contribution in [-0.2, 0) is 24.4 Å². The van der Waals surface area contributed by atoms with Gasteiger partial charge in [0.25, 0.3) is 5.91 Å². The topological polar surface area (TPSA) is 195 Å². The second kappa shape index (κ2) is 9.91. The van der Waals surface area contributed by atoms with E-state index in [1.165, 1.54) is 43.5 Å². The molecular weight excluding hydrogens is 538 g/mol. The molecule has 14 heteroatoms. The number of amides is 1. The first-order chi connectivity index (χ1) is 17.4. The third-order valence-corrected chi connectivity index (χ3v) is 10.9. The summed E-state index contributed by atoms with van der Waals surface area (Å²) in [7, 11) is -5.86. The van der Waals surface area contributed by atoms with Crippen molar-refractivity contribution in [2.24, 2.45) is 16.5 Å². The fourth-order valence-corrected chi connectivity index (χ4v) is 6.45. The molecule has 2 aromatic rings. The van der Waals surface area contributed by atoms with E-state index in [1.54, 1.807) is 27.7 Å². The Morgan fingerprint density at radius 1 is 0.816 bits per heavy atom. The minimum absolute atomic E-state index is 0.0228. The van der Waals surface area contributed by atoms with Crippen molar-refractivity contribution in [3.63, 3.8) is 0 Å². The first-order valence-corrected chi connectivity index (χ1v) is 14.2. The molecule has 2 aliphatic heterocycles. The van der Waals surface area contributed by atoms with Crippen LogP contribution in [0.25, 0.3) is 0 Å². The second-order valence-electron chi connectivity index (χ2n) is 9.76. The van der Waals surface area contributed by atoms with Crippen LogP contribution in [0.2, 0.25) is 0 Å². The highest BCUT2D eigenvalue weighted by atomic mass is 32.2. The van der Waals surface area contributed by atoms with Crippen molar-refractivity contribution in [1.29, 1.82) is 0 Å². The molecule has 1 amide bonds. The number of hydrogen-bond donors (Lipinski definition) is 2. The molecule has 2 aliphatic rings. The van der Waals surface area contributed by atoms with Crippen LogP contribution in [0.1, 0.15) is 48.4 Å². The average Bonchev–Trinajstić information content (AvgIpc) is 2.84. The van der Waals surface area contributed by atoms with E-state index in [0.29, 0.717) is 0 Å². The molecule has 0 bridgehead atoms. The third kappa shape index (κ3) is 5.18. The maximum absolute atomic E-state index is 12.4. The molecule has 0 saturated heterocycles. The molecule has 0 aromatic heterocycles. The zero-order valence-electron chi connectivity index (χ0n) is 21.5.